The van der Waals surface area contributed by atoms with Gasteiger partial charge in [0, 0.05) is 25.6 Å². The molecule has 1 aromatic rings. The fourth-order valence-electron chi connectivity index (χ4n) is 4.49. The van der Waals surface area contributed by atoms with Crippen LogP contribution < -0.4 is 10.6 Å². The van der Waals surface area contributed by atoms with Crippen LogP contribution in [0.1, 0.15) is 51.0 Å². The van der Waals surface area contributed by atoms with Crippen molar-refractivity contribution in [1.29, 1.82) is 0 Å². The third-order valence-corrected chi connectivity index (χ3v) is 6.21. The molecule has 0 aliphatic carbocycles. The number of hydrogen-bond donors (Lipinski definition) is 2. The van der Waals surface area contributed by atoms with Crippen molar-refractivity contribution >= 4 is 5.91 Å². The van der Waals surface area contributed by atoms with Crippen LogP contribution in [0.15, 0.2) is 30.3 Å². The lowest BCUT2D eigenvalue weighted by Gasteiger charge is -2.36. The molecule has 4 nitrogen and oxygen atoms in total. The van der Waals surface area contributed by atoms with Gasteiger partial charge in [0.2, 0.25) is 5.91 Å². The average Bonchev–Trinajstić information content (AvgIpc) is 2.69. The first-order valence-electron chi connectivity index (χ1n) is 10.5. The van der Waals surface area contributed by atoms with Crippen LogP contribution in [0.3, 0.4) is 0 Å². The van der Waals surface area contributed by atoms with Crippen LogP contribution in [0.25, 0.3) is 0 Å². The minimum atomic E-state index is 0.237. The van der Waals surface area contributed by atoms with Crippen molar-refractivity contribution in [2.45, 2.75) is 58.0 Å². The molecule has 0 aromatic heterocycles. The van der Waals surface area contributed by atoms with E-state index in [0.717, 1.165) is 32.7 Å². The highest BCUT2D eigenvalue weighted by Gasteiger charge is 2.25. The fraction of sp³-hybridized carbons (Fsp3) is 0.682. The summed E-state index contributed by atoms with van der Waals surface area (Å²) in [6, 6.07) is 11.2. The van der Waals surface area contributed by atoms with Gasteiger partial charge in [0.05, 0.1) is 0 Å². The molecular weight excluding hydrogens is 322 g/mol. The van der Waals surface area contributed by atoms with E-state index < -0.39 is 0 Å². The molecule has 2 atom stereocenters. The number of benzene rings is 1. The maximum Gasteiger partial charge on any atom is 0.220 e. The highest BCUT2D eigenvalue weighted by atomic mass is 16.1. The fourth-order valence-corrected chi connectivity index (χ4v) is 4.49. The van der Waals surface area contributed by atoms with Gasteiger partial charge in [-0.1, -0.05) is 43.7 Å². The van der Waals surface area contributed by atoms with E-state index in [2.05, 4.69) is 52.8 Å². The van der Waals surface area contributed by atoms with Crippen LogP contribution in [-0.2, 0) is 11.3 Å². The molecule has 2 aliphatic rings. The maximum absolute atomic E-state index is 12.5. The minimum Gasteiger partial charge on any atom is -0.355 e. The molecule has 2 saturated heterocycles. The molecule has 1 amide bonds. The van der Waals surface area contributed by atoms with Crippen molar-refractivity contribution in [3.8, 4) is 0 Å². The van der Waals surface area contributed by atoms with Gasteiger partial charge >= 0.3 is 0 Å². The van der Waals surface area contributed by atoms with Gasteiger partial charge in [0.1, 0.15) is 0 Å². The lowest BCUT2D eigenvalue weighted by Crippen LogP contribution is -2.46. The molecule has 2 aliphatic heterocycles. The summed E-state index contributed by atoms with van der Waals surface area (Å²) in [7, 11) is 0. The molecule has 4 heteroatoms. The van der Waals surface area contributed by atoms with Crippen molar-refractivity contribution in [2.24, 2.45) is 11.8 Å². The summed E-state index contributed by atoms with van der Waals surface area (Å²) in [4.78, 5) is 15.0. The van der Waals surface area contributed by atoms with E-state index in [1.807, 2.05) is 0 Å². The lowest BCUT2D eigenvalue weighted by atomic mass is 9.84. The zero-order valence-corrected chi connectivity index (χ0v) is 16.3. The monoisotopic (exact) mass is 357 g/mol. The van der Waals surface area contributed by atoms with Crippen molar-refractivity contribution in [3.63, 3.8) is 0 Å². The second kappa shape index (κ2) is 10.1. The Hall–Kier alpha value is -1.39. The van der Waals surface area contributed by atoms with E-state index in [1.54, 1.807) is 0 Å². The van der Waals surface area contributed by atoms with Gasteiger partial charge in [-0.2, -0.15) is 0 Å². The van der Waals surface area contributed by atoms with Crippen LogP contribution >= 0.6 is 0 Å². The van der Waals surface area contributed by atoms with Crippen LogP contribution in [0, 0.1) is 11.8 Å². The highest BCUT2D eigenvalue weighted by Crippen LogP contribution is 2.24. The summed E-state index contributed by atoms with van der Waals surface area (Å²) in [6.07, 6.45) is 6.83. The summed E-state index contributed by atoms with van der Waals surface area (Å²) in [6.45, 7) is 7.39. The molecule has 0 saturated carbocycles. The van der Waals surface area contributed by atoms with Crippen LogP contribution in [-0.4, -0.2) is 43.0 Å². The molecule has 0 radical (unpaired) electrons. The first-order valence-corrected chi connectivity index (χ1v) is 10.5. The Morgan fingerprint density at radius 2 is 1.96 bits per heavy atom. The quantitative estimate of drug-likeness (QED) is 0.788. The van der Waals surface area contributed by atoms with E-state index >= 15 is 0 Å². The average molecular weight is 358 g/mol. The molecule has 2 N–H and O–H groups in total. The van der Waals surface area contributed by atoms with Crippen molar-refractivity contribution in [1.82, 2.24) is 15.5 Å². The third-order valence-electron chi connectivity index (χ3n) is 6.21. The van der Waals surface area contributed by atoms with Gasteiger partial charge in [-0.25, -0.2) is 0 Å². The molecule has 0 bridgehead atoms. The smallest absolute Gasteiger partial charge is 0.220 e. The number of likely N-dealkylation sites (tertiary alicyclic amines) is 1. The summed E-state index contributed by atoms with van der Waals surface area (Å²) in [5.74, 6) is 1.43. The van der Waals surface area contributed by atoms with E-state index in [0.29, 0.717) is 24.3 Å². The van der Waals surface area contributed by atoms with E-state index in [1.165, 1.54) is 37.7 Å². The van der Waals surface area contributed by atoms with E-state index in [9.17, 15) is 4.79 Å². The molecule has 3 rings (SSSR count). The van der Waals surface area contributed by atoms with Crippen LogP contribution in [0.2, 0.25) is 0 Å². The standard InChI is InChI=1S/C22H35N3O/c1-18(20-10-12-23-13-11-20)15-22(26)24-16-21-9-5-6-14-25(21)17-19-7-3-2-4-8-19/h2-4,7-8,18,20-21,23H,5-6,9-17H2,1H3,(H,24,26). The summed E-state index contributed by atoms with van der Waals surface area (Å²) in [5, 5.41) is 6.65. The number of piperidine rings is 2. The molecule has 144 valence electrons. The topological polar surface area (TPSA) is 44.4 Å². The summed E-state index contributed by atoms with van der Waals surface area (Å²) >= 11 is 0. The Balaban J connectivity index is 1.44. The third kappa shape index (κ3) is 5.82. The SMILES string of the molecule is CC(CC(=O)NCC1CCCCN1Cc1ccccc1)C1CCNCC1. The normalized spacial score (nSPS) is 23.5. The number of nitrogens with one attached hydrogen (secondary N) is 2. The van der Waals surface area contributed by atoms with E-state index in [4.69, 9.17) is 0 Å². The Kier molecular flexibility index (Phi) is 7.51. The number of nitrogens with zero attached hydrogens (tertiary/aromatic N) is 1. The first kappa shape index (κ1) is 19.4. The second-order valence-electron chi connectivity index (χ2n) is 8.18. The van der Waals surface area contributed by atoms with Crippen LogP contribution in [0.5, 0.6) is 0 Å². The van der Waals surface area contributed by atoms with Crippen LogP contribution in [0.4, 0.5) is 0 Å². The minimum absolute atomic E-state index is 0.237. The molecule has 2 unspecified atom stereocenters. The first-order chi connectivity index (χ1) is 12.7. The molecule has 26 heavy (non-hydrogen) atoms. The highest BCUT2D eigenvalue weighted by molar-refractivity contribution is 5.76. The number of hydrogen-bond acceptors (Lipinski definition) is 3. The van der Waals surface area contributed by atoms with Gasteiger partial charge in [-0.05, 0) is 62.7 Å². The second-order valence-corrected chi connectivity index (χ2v) is 8.18. The van der Waals surface area contributed by atoms with Crippen molar-refractivity contribution in [2.75, 3.05) is 26.2 Å². The zero-order valence-electron chi connectivity index (χ0n) is 16.3. The van der Waals surface area contributed by atoms with Gasteiger partial charge in [-0.15, -0.1) is 0 Å². The number of carbonyl (C=O) groups is 1. The predicted molar refractivity (Wildman–Crippen MR) is 107 cm³/mol. The predicted octanol–water partition coefficient (Wildman–Crippen LogP) is 3.18. The maximum atomic E-state index is 12.5. The molecule has 2 fully saturated rings. The lowest BCUT2D eigenvalue weighted by molar-refractivity contribution is -0.122. The number of carbonyl (C=O) groups excluding carboxylic acids is 1. The largest absolute Gasteiger partial charge is 0.355 e. The van der Waals surface area contributed by atoms with Crippen molar-refractivity contribution in [3.05, 3.63) is 35.9 Å². The Morgan fingerprint density at radius 3 is 2.73 bits per heavy atom. The van der Waals surface area contributed by atoms with Gasteiger partial charge < -0.3 is 10.6 Å². The number of amides is 1. The summed E-state index contributed by atoms with van der Waals surface area (Å²) < 4.78 is 0. The Morgan fingerprint density at radius 1 is 1.19 bits per heavy atom. The Bertz CT molecular complexity index is 542. The van der Waals surface area contributed by atoms with Gasteiger partial charge in [0.25, 0.3) is 0 Å². The molecule has 1 aromatic carbocycles. The van der Waals surface area contributed by atoms with Gasteiger partial charge in [-0.3, -0.25) is 9.69 Å². The van der Waals surface area contributed by atoms with Crippen molar-refractivity contribution < 1.29 is 4.79 Å². The molecule has 0 spiro atoms. The molecular formula is C22H35N3O. The summed E-state index contributed by atoms with van der Waals surface area (Å²) in [5.41, 5.74) is 1.37. The zero-order chi connectivity index (χ0) is 18.2. The number of rotatable bonds is 7. The van der Waals surface area contributed by atoms with Gasteiger partial charge in [0.15, 0.2) is 0 Å². The Labute approximate surface area is 158 Å². The molecule has 2 heterocycles. The van der Waals surface area contributed by atoms with E-state index in [-0.39, 0.29) is 5.91 Å².